The molecule has 0 bridgehead atoms. The predicted molar refractivity (Wildman–Crippen MR) is 166 cm³/mol. The van der Waals surface area contributed by atoms with Gasteiger partial charge in [0, 0.05) is 60.6 Å². The smallest absolute Gasteiger partial charge is 0.354 e. The number of likely N-dealkylation sites (N-methyl/N-ethyl adjacent to an activating group) is 1. The molecule has 5 rings (SSSR count). The van der Waals surface area contributed by atoms with E-state index in [1.807, 2.05) is 19.1 Å². The van der Waals surface area contributed by atoms with Gasteiger partial charge in [0.15, 0.2) is 0 Å². The SMILES string of the molecule is COC(=O)c1cc2cc(CNC(=O)c3cc(NC(=O)c4ccc(CN5CCC(N(C)C)C5)c(CF)c4)ccc3C)cnc2[nH]1. The summed E-state index contributed by atoms with van der Waals surface area (Å²) < 4.78 is 18.8. The van der Waals surface area contributed by atoms with Crippen molar-refractivity contribution in [2.75, 3.05) is 39.6 Å². The van der Waals surface area contributed by atoms with Gasteiger partial charge in [-0.15, -0.1) is 0 Å². The van der Waals surface area contributed by atoms with Crippen LogP contribution in [0.2, 0.25) is 0 Å². The number of halogens is 1. The van der Waals surface area contributed by atoms with Crippen molar-refractivity contribution in [2.45, 2.75) is 39.2 Å². The zero-order chi connectivity index (χ0) is 31.4. The van der Waals surface area contributed by atoms with E-state index in [2.05, 4.69) is 44.5 Å². The number of anilines is 1. The number of H-pyrrole nitrogens is 1. The molecule has 10 nitrogen and oxygen atoms in total. The van der Waals surface area contributed by atoms with E-state index in [1.165, 1.54) is 7.11 Å². The fraction of sp³-hybridized carbons (Fsp3) is 0.333. The molecular weight excluding hydrogens is 563 g/mol. The number of likely N-dealkylation sites (tertiary alicyclic amines) is 1. The van der Waals surface area contributed by atoms with Crippen LogP contribution in [0.25, 0.3) is 11.0 Å². The van der Waals surface area contributed by atoms with Gasteiger partial charge in [-0.25, -0.2) is 14.2 Å². The second-order valence-corrected chi connectivity index (χ2v) is 11.4. The molecule has 1 aliphatic heterocycles. The number of esters is 1. The van der Waals surface area contributed by atoms with Gasteiger partial charge in [-0.05, 0) is 86.1 Å². The number of aromatic amines is 1. The van der Waals surface area contributed by atoms with Gasteiger partial charge in [0.2, 0.25) is 0 Å². The highest BCUT2D eigenvalue weighted by molar-refractivity contribution is 6.05. The zero-order valence-electron chi connectivity index (χ0n) is 25.4. The summed E-state index contributed by atoms with van der Waals surface area (Å²) in [5.41, 5.74) is 4.92. The molecule has 3 heterocycles. The Labute approximate surface area is 255 Å². The molecule has 0 aliphatic carbocycles. The fourth-order valence-corrected chi connectivity index (χ4v) is 5.47. The van der Waals surface area contributed by atoms with Crippen LogP contribution in [0.15, 0.2) is 54.7 Å². The summed E-state index contributed by atoms with van der Waals surface area (Å²) >= 11 is 0. The first-order valence-electron chi connectivity index (χ1n) is 14.5. The minimum Gasteiger partial charge on any atom is -0.464 e. The second kappa shape index (κ2) is 13.4. The first kappa shape index (κ1) is 30.8. The number of nitrogens with one attached hydrogen (secondary N) is 3. The third-order valence-electron chi connectivity index (χ3n) is 8.11. The van der Waals surface area contributed by atoms with Crippen LogP contribution in [0.1, 0.15) is 59.9 Å². The molecule has 2 aromatic heterocycles. The van der Waals surface area contributed by atoms with Crippen molar-refractivity contribution in [3.05, 3.63) is 93.8 Å². The minimum atomic E-state index is -0.658. The molecule has 0 radical (unpaired) electrons. The van der Waals surface area contributed by atoms with Crippen LogP contribution in [-0.4, -0.2) is 77.9 Å². The summed E-state index contributed by atoms with van der Waals surface area (Å²) in [5, 5.41) is 6.45. The third kappa shape index (κ3) is 6.95. The Hall–Kier alpha value is -4.61. The van der Waals surface area contributed by atoms with Gasteiger partial charge >= 0.3 is 5.97 Å². The summed E-state index contributed by atoms with van der Waals surface area (Å²) in [6.45, 7) is 3.90. The summed E-state index contributed by atoms with van der Waals surface area (Å²) in [7, 11) is 5.46. The Morgan fingerprint density at radius 1 is 1.09 bits per heavy atom. The molecule has 2 amide bonds. The van der Waals surface area contributed by atoms with Crippen LogP contribution >= 0.6 is 0 Å². The standard InChI is InChI=1S/C33H37FN6O4/c1-20-5-8-26(14-28(20)32(42)36-17-21-11-24-13-29(33(43)44-4)38-30(24)35-16-21)37-31(41)22-6-7-23(25(12-22)15-34)18-40-10-9-27(19-40)39(2)3/h5-8,11-14,16,27H,9-10,15,17-19H2,1-4H3,(H,35,38)(H,36,42)(H,37,41). The number of aromatic nitrogens is 2. The highest BCUT2D eigenvalue weighted by atomic mass is 19.1. The summed E-state index contributed by atoms with van der Waals surface area (Å²) in [4.78, 5) is 49.8. The van der Waals surface area contributed by atoms with Crippen LogP contribution in [0.5, 0.6) is 0 Å². The van der Waals surface area contributed by atoms with Crippen molar-refractivity contribution in [3.8, 4) is 0 Å². The molecule has 1 saturated heterocycles. The Balaban J connectivity index is 1.22. The molecule has 11 heteroatoms. The van der Waals surface area contributed by atoms with Crippen molar-refractivity contribution in [1.29, 1.82) is 0 Å². The number of aryl methyl sites for hydroxylation is 1. The van der Waals surface area contributed by atoms with E-state index in [-0.39, 0.29) is 18.4 Å². The lowest BCUT2D eigenvalue weighted by molar-refractivity contribution is 0.0594. The molecule has 3 N–H and O–H groups in total. The zero-order valence-corrected chi connectivity index (χ0v) is 25.4. The maximum Gasteiger partial charge on any atom is 0.354 e. The number of ether oxygens (including phenoxy) is 1. The monoisotopic (exact) mass is 600 g/mol. The Kier molecular flexibility index (Phi) is 9.36. The summed E-state index contributed by atoms with van der Waals surface area (Å²) in [5.74, 6) is -1.19. The lowest BCUT2D eigenvalue weighted by atomic mass is 10.0. The number of carbonyl (C=O) groups is 3. The van der Waals surface area contributed by atoms with Crippen LogP contribution in [0, 0.1) is 6.92 Å². The number of benzene rings is 2. The number of carbonyl (C=O) groups excluding carboxylic acids is 3. The van der Waals surface area contributed by atoms with Gasteiger partial charge in [-0.2, -0.15) is 0 Å². The van der Waals surface area contributed by atoms with Crippen LogP contribution in [0.3, 0.4) is 0 Å². The van der Waals surface area contributed by atoms with E-state index >= 15 is 0 Å². The Bertz CT molecular complexity index is 1700. The molecule has 0 spiro atoms. The van der Waals surface area contributed by atoms with Crippen molar-refractivity contribution in [2.24, 2.45) is 0 Å². The van der Waals surface area contributed by atoms with Crippen molar-refractivity contribution in [3.63, 3.8) is 0 Å². The summed E-state index contributed by atoms with van der Waals surface area (Å²) in [6, 6.07) is 14.2. The molecule has 0 saturated carbocycles. The molecule has 1 unspecified atom stereocenters. The second-order valence-electron chi connectivity index (χ2n) is 11.4. The van der Waals surface area contributed by atoms with Gasteiger partial charge in [0.25, 0.3) is 11.8 Å². The average Bonchev–Trinajstić information content (AvgIpc) is 3.67. The summed E-state index contributed by atoms with van der Waals surface area (Å²) in [6.07, 6.45) is 2.70. The molecule has 1 fully saturated rings. The first-order chi connectivity index (χ1) is 21.1. The normalized spacial score (nSPS) is 15.1. The number of hydrogen-bond donors (Lipinski definition) is 3. The molecule has 2 aromatic carbocycles. The highest BCUT2D eigenvalue weighted by Gasteiger charge is 2.24. The van der Waals surface area contributed by atoms with Crippen molar-refractivity contribution >= 4 is 34.5 Å². The lowest BCUT2D eigenvalue weighted by Crippen LogP contribution is -2.31. The van der Waals surface area contributed by atoms with E-state index in [9.17, 15) is 18.8 Å². The highest BCUT2D eigenvalue weighted by Crippen LogP contribution is 2.22. The van der Waals surface area contributed by atoms with Gasteiger partial charge in [-0.1, -0.05) is 12.1 Å². The predicted octanol–water partition coefficient (Wildman–Crippen LogP) is 4.45. The van der Waals surface area contributed by atoms with Crippen LogP contribution < -0.4 is 10.6 Å². The van der Waals surface area contributed by atoms with Gasteiger partial charge in [0.05, 0.1) is 7.11 Å². The van der Waals surface area contributed by atoms with Crippen molar-refractivity contribution in [1.82, 2.24) is 25.1 Å². The third-order valence-corrected chi connectivity index (χ3v) is 8.11. The fourth-order valence-electron chi connectivity index (χ4n) is 5.47. The van der Waals surface area contributed by atoms with Crippen LogP contribution in [0.4, 0.5) is 10.1 Å². The number of nitrogens with zero attached hydrogens (tertiary/aromatic N) is 3. The molecule has 44 heavy (non-hydrogen) atoms. The number of alkyl halides is 1. The number of hydrogen-bond acceptors (Lipinski definition) is 7. The van der Waals surface area contributed by atoms with E-state index < -0.39 is 12.6 Å². The van der Waals surface area contributed by atoms with Crippen molar-refractivity contribution < 1.29 is 23.5 Å². The average molecular weight is 601 g/mol. The number of methoxy groups -OCH3 is 1. The van der Waals surface area contributed by atoms with E-state index in [0.717, 1.165) is 41.6 Å². The maximum absolute atomic E-state index is 14.0. The van der Waals surface area contributed by atoms with Gasteiger partial charge in [-0.3, -0.25) is 14.5 Å². The number of amides is 2. The largest absolute Gasteiger partial charge is 0.464 e. The Morgan fingerprint density at radius 3 is 2.64 bits per heavy atom. The van der Waals surface area contributed by atoms with E-state index in [4.69, 9.17) is 4.74 Å². The lowest BCUT2D eigenvalue weighted by Gasteiger charge is -2.21. The topological polar surface area (TPSA) is 120 Å². The Morgan fingerprint density at radius 2 is 1.91 bits per heavy atom. The van der Waals surface area contributed by atoms with Crippen LogP contribution in [-0.2, 0) is 24.5 Å². The quantitative estimate of drug-likeness (QED) is 0.230. The van der Waals surface area contributed by atoms with Gasteiger partial charge in [0.1, 0.15) is 18.0 Å². The molecule has 1 aliphatic rings. The maximum atomic E-state index is 14.0. The molecule has 4 aromatic rings. The molecule has 230 valence electrons. The van der Waals surface area contributed by atoms with Gasteiger partial charge < -0.3 is 25.3 Å². The number of fused-ring (bicyclic) bond motifs is 1. The van der Waals surface area contributed by atoms with E-state index in [1.54, 1.807) is 42.6 Å². The first-order valence-corrected chi connectivity index (χ1v) is 14.5. The number of pyridine rings is 1. The van der Waals surface area contributed by atoms with E-state index in [0.29, 0.717) is 46.3 Å². The minimum absolute atomic E-state index is 0.210. The number of rotatable bonds is 10. The molecule has 1 atom stereocenters. The molecular formula is C33H37FN6O4.